The zero-order valence-corrected chi connectivity index (χ0v) is 14.4. The van der Waals surface area contributed by atoms with E-state index in [1.54, 1.807) is 7.11 Å². The highest BCUT2D eigenvalue weighted by Crippen LogP contribution is 2.20. The molecule has 2 aromatic rings. The van der Waals surface area contributed by atoms with E-state index in [1.165, 1.54) is 11.3 Å². The molecule has 24 heavy (non-hydrogen) atoms. The van der Waals surface area contributed by atoms with Gasteiger partial charge in [-0.15, -0.1) is 0 Å². The van der Waals surface area contributed by atoms with Crippen molar-refractivity contribution in [1.82, 2.24) is 4.90 Å². The zero-order chi connectivity index (χ0) is 16.9. The highest BCUT2D eigenvalue weighted by molar-refractivity contribution is 5.79. The summed E-state index contributed by atoms with van der Waals surface area (Å²) in [6.07, 6.45) is 0.397. The summed E-state index contributed by atoms with van der Waals surface area (Å²) in [7, 11) is 1.64. The Balaban J connectivity index is 1.59. The Bertz CT molecular complexity index is 706. The third-order valence-corrected chi connectivity index (χ3v) is 4.53. The van der Waals surface area contributed by atoms with Crippen molar-refractivity contribution in [3.8, 4) is 5.75 Å². The van der Waals surface area contributed by atoms with Gasteiger partial charge in [-0.25, -0.2) is 0 Å². The molecule has 0 aliphatic carbocycles. The largest absolute Gasteiger partial charge is 0.496 e. The van der Waals surface area contributed by atoms with Crippen LogP contribution in [0.1, 0.15) is 11.1 Å². The van der Waals surface area contributed by atoms with Crippen LogP contribution in [0.4, 0.5) is 5.69 Å². The summed E-state index contributed by atoms with van der Waals surface area (Å²) in [6.45, 7) is 5.39. The van der Waals surface area contributed by atoms with E-state index in [4.69, 9.17) is 4.74 Å². The standard InChI is InChI=1S/C20H24N2O2/c1-16-6-5-8-18(14-16)21-10-12-22(13-11-21)20(23)15-17-7-3-4-9-19(17)24-2/h3-9,14H,10-13,15H2,1-2H3. The summed E-state index contributed by atoms with van der Waals surface area (Å²) in [4.78, 5) is 16.9. The maximum Gasteiger partial charge on any atom is 0.227 e. The molecular weight excluding hydrogens is 300 g/mol. The minimum atomic E-state index is 0.170. The van der Waals surface area contributed by atoms with Gasteiger partial charge in [0.25, 0.3) is 0 Å². The summed E-state index contributed by atoms with van der Waals surface area (Å²) in [6, 6.07) is 16.3. The summed E-state index contributed by atoms with van der Waals surface area (Å²) < 4.78 is 5.34. The molecule has 2 aromatic carbocycles. The fourth-order valence-corrected chi connectivity index (χ4v) is 3.16. The van der Waals surface area contributed by atoms with Gasteiger partial charge in [-0.3, -0.25) is 4.79 Å². The zero-order valence-electron chi connectivity index (χ0n) is 14.4. The lowest BCUT2D eigenvalue weighted by Crippen LogP contribution is -2.49. The number of ether oxygens (including phenoxy) is 1. The predicted octanol–water partition coefficient (Wildman–Crippen LogP) is 2.89. The summed E-state index contributed by atoms with van der Waals surface area (Å²) in [5.41, 5.74) is 3.46. The molecule has 0 bridgehead atoms. The quantitative estimate of drug-likeness (QED) is 0.867. The lowest BCUT2D eigenvalue weighted by molar-refractivity contribution is -0.130. The van der Waals surface area contributed by atoms with Crippen LogP contribution in [0.5, 0.6) is 5.75 Å². The molecule has 1 aliphatic heterocycles. The van der Waals surface area contributed by atoms with Crippen molar-refractivity contribution in [3.05, 3.63) is 59.7 Å². The van der Waals surface area contributed by atoms with Gasteiger partial charge >= 0.3 is 0 Å². The van der Waals surface area contributed by atoms with Gasteiger partial charge in [0.1, 0.15) is 5.75 Å². The smallest absolute Gasteiger partial charge is 0.227 e. The molecule has 0 spiro atoms. The molecule has 0 radical (unpaired) electrons. The highest BCUT2D eigenvalue weighted by Gasteiger charge is 2.22. The second kappa shape index (κ2) is 7.39. The van der Waals surface area contributed by atoms with Crippen molar-refractivity contribution in [2.75, 3.05) is 38.2 Å². The Morgan fingerprint density at radius 2 is 1.79 bits per heavy atom. The molecule has 1 saturated heterocycles. The molecular formula is C20H24N2O2. The third-order valence-electron chi connectivity index (χ3n) is 4.53. The number of para-hydroxylation sites is 1. The molecule has 0 atom stereocenters. The number of methoxy groups -OCH3 is 1. The van der Waals surface area contributed by atoms with Gasteiger partial charge in [0.15, 0.2) is 0 Å². The fourth-order valence-electron chi connectivity index (χ4n) is 3.16. The molecule has 1 fully saturated rings. The molecule has 3 rings (SSSR count). The first-order valence-corrected chi connectivity index (χ1v) is 8.38. The van der Waals surface area contributed by atoms with Gasteiger partial charge in [-0.2, -0.15) is 0 Å². The molecule has 0 unspecified atom stereocenters. The van der Waals surface area contributed by atoms with Crippen molar-refractivity contribution in [1.29, 1.82) is 0 Å². The summed E-state index contributed by atoms with van der Waals surface area (Å²) in [5.74, 6) is 0.952. The highest BCUT2D eigenvalue weighted by atomic mass is 16.5. The number of nitrogens with zero attached hydrogens (tertiary/aromatic N) is 2. The predicted molar refractivity (Wildman–Crippen MR) is 96.7 cm³/mol. The van der Waals surface area contributed by atoms with E-state index in [9.17, 15) is 4.79 Å². The second-order valence-corrected chi connectivity index (χ2v) is 6.20. The number of rotatable bonds is 4. The normalized spacial score (nSPS) is 14.6. The number of carbonyl (C=O) groups is 1. The van der Waals surface area contributed by atoms with E-state index < -0.39 is 0 Å². The van der Waals surface area contributed by atoms with Crippen LogP contribution < -0.4 is 9.64 Å². The van der Waals surface area contributed by atoms with Crippen molar-refractivity contribution < 1.29 is 9.53 Å². The maximum absolute atomic E-state index is 12.6. The Morgan fingerprint density at radius 3 is 2.50 bits per heavy atom. The Morgan fingerprint density at radius 1 is 1.04 bits per heavy atom. The van der Waals surface area contributed by atoms with E-state index in [2.05, 4.69) is 36.1 Å². The van der Waals surface area contributed by atoms with E-state index in [1.807, 2.05) is 29.2 Å². The molecule has 1 aliphatic rings. The molecule has 0 N–H and O–H groups in total. The van der Waals surface area contributed by atoms with Crippen LogP contribution in [-0.4, -0.2) is 44.1 Å². The number of carbonyl (C=O) groups excluding carboxylic acids is 1. The Kier molecular flexibility index (Phi) is 5.04. The van der Waals surface area contributed by atoms with Gasteiger partial charge in [-0.1, -0.05) is 30.3 Å². The van der Waals surface area contributed by atoms with E-state index >= 15 is 0 Å². The van der Waals surface area contributed by atoms with Crippen LogP contribution in [0.15, 0.2) is 48.5 Å². The van der Waals surface area contributed by atoms with Gasteiger partial charge in [0, 0.05) is 37.4 Å². The van der Waals surface area contributed by atoms with Crippen LogP contribution >= 0.6 is 0 Å². The Labute approximate surface area is 143 Å². The van der Waals surface area contributed by atoms with Crippen LogP contribution in [0.3, 0.4) is 0 Å². The van der Waals surface area contributed by atoms with Crippen LogP contribution in [0.2, 0.25) is 0 Å². The topological polar surface area (TPSA) is 32.8 Å². The summed E-state index contributed by atoms with van der Waals surface area (Å²) in [5, 5.41) is 0. The van der Waals surface area contributed by atoms with Gasteiger partial charge in [0.2, 0.25) is 5.91 Å². The van der Waals surface area contributed by atoms with Gasteiger partial charge < -0.3 is 14.5 Å². The number of benzene rings is 2. The number of hydrogen-bond donors (Lipinski definition) is 0. The maximum atomic E-state index is 12.6. The molecule has 1 amide bonds. The average molecular weight is 324 g/mol. The minimum absolute atomic E-state index is 0.170. The van der Waals surface area contributed by atoms with Gasteiger partial charge in [-0.05, 0) is 30.7 Å². The number of amides is 1. The van der Waals surface area contributed by atoms with Crippen LogP contribution in [0, 0.1) is 6.92 Å². The van der Waals surface area contributed by atoms with Crippen molar-refractivity contribution in [2.45, 2.75) is 13.3 Å². The Hall–Kier alpha value is -2.49. The monoisotopic (exact) mass is 324 g/mol. The first kappa shape index (κ1) is 16.4. The number of piperazine rings is 1. The molecule has 0 saturated carbocycles. The molecule has 4 heteroatoms. The van der Waals surface area contributed by atoms with Gasteiger partial charge in [0.05, 0.1) is 13.5 Å². The van der Waals surface area contributed by atoms with Crippen molar-refractivity contribution in [3.63, 3.8) is 0 Å². The third kappa shape index (κ3) is 3.70. The van der Waals surface area contributed by atoms with Crippen molar-refractivity contribution in [2.24, 2.45) is 0 Å². The lowest BCUT2D eigenvalue weighted by Gasteiger charge is -2.36. The molecule has 0 aromatic heterocycles. The van der Waals surface area contributed by atoms with Crippen LogP contribution in [-0.2, 0) is 11.2 Å². The van der Waals surface area contributed by atoms with Crippen LogP contribution in [0.25, 0.3) is 0 Å². The minimum Gasteiger partial charge on any atom is -0.496 e. The van der Waals surface area contributed by atoms with Crippen molar-refractivity contribution >= 4 is 11.6 Å². The molecule has 1 heterocycles. The average Bonchev–Trinajstić information content (AvgIpc) is 2.62. The van der Waals surface area contributed by atoms with E-state index in [-0.39, 0.29) is 5.91 Å². The fraction of sp³-hybridized carbons (Fsp3) is 0.350. The SMILES string of the molecule is COc1ccccc1CC(=O)N1CCN(c2cccc(C)c2)CC1. The second-order valence-electron chi connectivity index (χ2n) is 6.20. The summed E-state index contributed by atoms with van der Waals surface area (Å²) >= 11 is 0. The number of anilines is 1. The number of hydrogen-bond acceptors (Lipinski definition) is 3. The lowest BCUT2D eigenvalue weighted by atomic mass is 10.1. The first-order chi connectivity index (χ1) is 11.7. The molecule has 126 valence electrons. The molecule has 4 nitrogen and oxygen atoms in total. The van der Waals surface area contributed by atoms with E-state index in [0.717, 1.165) is 37.5 Å². The first-order valence-electron chi connectivity index (χ1n) is 8.38. The van der Waals surface area contributed by atoms with E-state index in [0.29, 0.717) is 6.42 Å². The number of aryl methyl sites for hydroxylation is 1.